The number of aromatic hydroxyl groups is 1. The van der Waals surface area contributed by atoms with Crippen molar-refractivity contribution in [1.82, 2.24) is 0 Å². The molecule has 1 N–H and O–H groups in total. The molecule has 0 fully saturated rings. The number of hydrogen-bond donors (Lipinski definition) is 1. The molecule has 3 heteroatoms. The predicted molar refractivity (Wildman–Crippen MR) is 57.1 cm³/mol. The summed E-state index contributed by atoms with van der Waals surface area (Å²) >= 11 is 0. The molecule has 0 spiro atoms. The van der Waals surface area contributed by atoms with Gasteiger partial charge in [0.1, 0.15) is 12.0 Å². The fraction of sp³-hybridized carbons (Fsp3) is 0.364. The molecule has 3 nitrogen and oxygen atoms in total. The van der Waals surface area contributed by atoms with Crippen LogP contribution in [-0.2, 0) is 0 Å². The van der Waals surface area contributed by atoms with Gasteiger partial charge in [-0.05, 0) is 32.0 Å². The second kappa shape index (κ2) is 4.65. The first-order chi connectivity index (χ1) is 6.72. The zero-order chi connectivity index (χ0) is 10.6. The molecule has 1 aromatic rings. The van der Waals surface area contributed by atoms with Crippen molar-refractivity contribution in [3.8, 4) is 5.75 Å². The molecular formula is C11H15NO2. The Morgan fingerprint density at radius 3 is 2.43 bits per heavy atom. The highest BCUT2D eigenvalue weighted by Gasteiger charge is 2.07. The third-order valence-electron chi connectivity index (χ3n) is 2.24. The summed E-state index contributed by atoms with van der Waals surface area (Å²) in [6.45, 7) is 5.72. The number of nitrogens with zero attached hydrogens (tertiary/aromatic N) is 1. The summed E-state index contributed by atoms with van der Waals surface area (Å²) in [5, 5.41) is 9.65. The molecule has 1 aromatic carbocycles. The Hall–Kier alpha value is -1.51. The van der Waals surface area contributed by atoms with E-state index in [1.807, 2.05) is 18.7 Å². The third kappa shape index (κ3) is 2.05. The molecule has 0 heterocycles. The van der Waals surface area contributed by atoms with Crippen LogP contribution in [0.5, 0.6) is 5.75 Å². The molecule has 0 atom stereocenters. The van der Waals surface area contributed by atoms with E-state index in [1.165, 1.54) is 6.07 Å². The highest BCUT2D eigenvalue weighted by Crippen LogP contribution is 2.27. The summed E-state index contributed by atoms with van der Waals surface area (Å²) in [5.41, 5.74) is 1.28. The Morgan fingerprint density at radius 2 is 2.00 bits per heavy atom. The molecule has 76 valence electrons. The van der Waals surface area contributed by atoms with E-state index < -0.39 is 0 Å². The number of phenolic OH excluding ortho intramolecular Hbond substituents is 1. The molecule has 0 aromatic heterocycles. The van der Waals surface area contributed by atoms with Gasteiger partial charge in [-0.15, -0.1) is 0 Å². The van der Waals surface area contributed by atoms with Crippen molar-refractivity contribution in [2.75, 3.05) is 18.0 Å². The van der Waals surface area contributed by atoms with Crippen LogP contribution in [0.15, 0.2) is 18.2 Å². The number of rotatable bonds is 4. The molecule has 0 unspecified atom stereocenters. The van der Waals surface area contributed by atoms with E-state index in [0.717, 1.165) is 25.1 Å². The molecule has 0 aliphatic heterocycles. The topological polar surface area (TPSA) is 40.5 Å². The summed E-state index contributed by atoms with van der Waals surface area (Å²) in [4.78, 5) is 12.5. The first-order valence-electron chi connectivity index (χ1n) is 4.76. The van der Waals surface area contributed by atoms with E-state index in [9.17, 15) is 9.90 Å². The van der Waals surface area contributed by atoms with Gasteiger partial charge in [0.05, 0.1) is 5.69 Å². The quantitative estimate of drug-likeness (QED) is 0.744. The molecule has 0 bridgehead atoms. The van der Waals surface area contributed by atoms with E-state index in [1.54, 1.807) is 12.1 Å². The molecule has 0 saturated carbocycles. The lowest BCUT2D eigenvalue weighted by molar-refractivity contribution is 0.112. The number of aldehydes is 1. The Balaban J connectivity index is 3.03. The van der Waals surface area contributed by atoms with Crippen LogP contribution in [0.4, 0.5) is 5.69 Å². The second-order valence-electron chi connectivity index (χ2n) is 3.04. The van der Waals surface area contributed by atoms with Crippen molar-refractivity contribution in [2.24, 2.45) is 0 Å². The summed E-state index contributed by atoms with van der Waals surface area (Å²) in [5.74, 6) is 0.165. The maximum Gasteiger partial charge on any atom is 0.150 e. The van der Waals surface area contributed by atoms with Crippen molar-refractivity contribution in [3.63, 3.8) is 0 Å². The molecule has 14 heavy (non-hydrogen) atoms. The van der Waals surface area contributed by atoms with Gasteiger partial charge in [0.25, 0.3) is 0 Å². The maximum absolute atomic E-state index is 10.5. The highest BCUT2D eigenvalue weighted by atomic mass is 16.3. The van der Waals surface area contributed by atoms with Crippen LogP contribution in [0, 0.1) is 0 Å². The number of carbonyl (C=O) groups is 1. The largest absolute Gasteiger partial charge is 0.506 e. The van der Waals surface area contributed by atoms with Gasteiger partial charge < -0.3 is 10.0 Å². The van der Waals surface area contributed by atoms with Gasteiger partial charge in [-0.1, -0.05) is 0 Å². The van der Waals surface area contributed by atoms with Crippen molar-refractivity contribution >= 4 is 12.0 Å². The van der Waals surface area contributed by atoms with Crippen LogP contribution in [0.3, 0.4) is 0 Å². The first kappa shape index (κ1) is 10.6. The Labute approximate surface area is 84.0 Å². The summed E-state index contributed by atoms with van der Waals surface area (Å²) in [6.07, 6.45) is 0.728. The van der Waals surface area contributed by atoms with Crippen molar-refractivity contribution in [1.29, 1.82) is 0 Å². The van der Waals surface area contributed by atoms with Crippen LogP contribution >= 0.6 is 0 Å². The average Bonchev–Trinajstić information content (AvgIpc) is 2.22. The molecule has 1 rings (SSSR count). The van der Waals surface area contributed by atoms with E-state index >= 15 is 0 Å². The first-order valence-corrected chi connectivity index (χ1v) is 4.76. The Bertz CT molecular complexity index is 319. The van der Waals surface area contributed by atoms with Crippen LogP contribution in [0.1, 0.15) is 24.2 Å². The van der Waals surface area contributed by atoms with Gasteiger partial charge in [-0.2, -0.15) is 0 Å². The number of hydrogen-bond acceptors (Lipinski definition) is 3. The van der Waals surface area contributed by atoms with Gasteiger partial charge in [-0.3, -0.25) is 4.79 Å². The molecular weight excluding hydrogens is 178 g/mol. The minimum atomic E-state index is 0.165. The fourth-order valence-electron chi connectivity index (χ4n) is 1.45. The van der Waals surface area contributed by atoms with Gasteiger partial charge in [0.15, 0.2) is 0 Å². The minimum Gasteiger partial charge on any atom is -0.506 e. The summed E-state index contributed by atoms with van der Waals surface area (Å²) < 4.78 is 0. The maximum atomic E-state index is 10.5. The second-order valence-corrected chi connectivity index (χ2v) is 3.04. The van der Waals surface area contributed by atoms with Gasteiger partial charge in [0, 0.05) is 18.7 Å². The zero-order valence-electron chi connectivity index (χ0n) is 8.53. The lowest BCUT2D eigenvalue weighted by Crippen LogP contribution is -2.21. The Kier molecular flexibility index (Phi) is 3.51. The summed E-state index contributed by atoms with van der Waals surface area (Å²) in [6, 6.07) is 4.97. The SMILES string of the molecule is CCN(CC)c1ccc(C=O)cc1O. The smallest absolute Gasteiger partial charge is 0.150 e. The van der Waals surface area contributed by atoms with Gasteiger partial charge in [0.2, 0.25) is 0 Å². The lowest BCUT2D eigenvalue weighted by Gasteiger charge is -2.21. The average molecular weight is 193 g/mol. The van der Waals surface area contributed by atoms with Crippen LogP contribution in [0.25, 0.3) is 0 Å². The number of benzene rings is 1. The standard InChI is InChI=1S/C11H15NO2/c1-3-12(4-2)10-6-5-9(8-13)7-11(10)14/h5-8,14H,3-4H2,1-2H3. The van der Waals surface area contributed by atoms with Gasteiger partial charge >= 0.3 is 0 Å². The zero-order valence-corrected chi connectivity index (χ0v) is 8.53. The molecule has 0 aliphatic carbocycles. The summed E-state index contributed by atoms with van der Waals surface area (Å²) in [7, 11) is 0. The van der Waals surface area contributed by atoms with E-state index in [4.69, 9.17) is 0 Å². The van der Waals surface area contributed by atoms with E-state index in [0.29, 0.717) is 5.56 Å². The number of phenols is 1. The van der Waals surface area contributed by atoms with E-state index in [2.05, 4.69) is 0 Å². The third-order valence-corrected chi connectivity index (χ3v) is 2.24. The van der Waals surface area contributed by atoms with E-state index in [-0.39, 0.29) is 5.75 Å². The number of anilines is 1. The minimum absolute atomic E-state index is 0.165. The predicted octanol–water partition coefficient (Wildman–Crippen LogP) is 2.05. The van der Waals surface area contributed by atoms with Crippen molar-refractivity contribution in [2.45, 2.75) is 13.8 Å². The molecule has 0 radical (unpaired) electrons. The fourth-order valence-corrected chi connectivity index (χ4v) is 1.45. The van der Waals surface area contributed by atoms with Crippen molar-refractivity contribution in [3.05, 3.63) is 23.8 Å². The van der Waals surface area contributed by atoms with Gasteiger partial charge in [-0.25, -0.2) is 0 Å². The molecule has 0 aliphatic rings. The lowest BCUT2D eigenvalue weighted by atomic mass is 10.2. The molecule has 0 amide bonds. The number of carbonyl (C=O) groups excluding carboxylic acids is 1. The normalized spacial score (nSPS) is 9.86. The van der Waals surface area contributed by atoms with Crippen LogP contribution < -0.4 is 4.90 Å². The monoisotopic (exact) mass is 193 g/mol. The van der Waals surface area contributed by atoms with Crippen LogP contribution in [-0.4, -0.2) is 24.5 Å². The van der Waals surface area contributed by atoms with Crippen LogP contribution in [0.2, 0.25) is 0 Å². The highest BCUT2D eigenvalue weighted by molar-refractivity contribution is 5.78. The Morgan fingerprint density at radius 1 is 1.36 bits per heavy atom. The molecule has 0 saturated heterocycles. The van der Waals surface area contributed by atoms with Crippen molar-refractivity contribution < 1.29 is 9.90 Å².